The number of aliphatic hydroxyl groups excluding tert-OH is 1. The molecule has 10 atom stereocenters. The summed E-state index contributed by atoms with van der Waals surface area (Å²) in [6, 6.07) is 6.81. The Kier molecular flexibility index (Phi) is 11.8. The molecule has 256 valence electrons. The van der Waals surface area contributed by atoms with Gasteiger partial charge in [0.05, 0.1) is 6.61 Å². The molecule has 4 rings (SSSR count). The third-order valence-electron chi connectivity index (χ3n) is 7.41. The van der Waals surface area contributed by atoms with Crippen LogP contribution in [0.1, 0.15) is 48.0 Å². The van der Waals surface area contributed by atoms with Crippen LogP contribution in [0.5, 0.6) is 5.75 Å². The van der Waals surface area contributed by atoms with Crippen LogP contribution in [0.15, 0.2) is 24.3 Å². The van der Waals surface area contributed by atoms with Crippen molar-refractivity contribution in [3.05, 3.63) is 24.3 Å². The number of aliphatic hydroxyl groups is 1. The van der Waals surface area contributed by atoms with E-state index in [1.54, 1.807) is 52.1 Å². The van der Waals surface area contributed by atoms with E-state index in [0.717, 1.165) is 6.92 Å². The highest BCUT2D eigenvalue weighted by Crippen LogP contribution is 2.38. The highest BCUT2D eigenvalue weighted by atomic mass is 32.1. The first-order chi connectivity index (χ1) is 21.7. The zero-order valence-electron chi connectivity index (χ0n) is 26.8. The molecule has 3 fully saturated rings. The number of carbonyl (C=O) groups is 3. The fraction of sp³-hybridized carbons (Fsp3) is 0.667. The monoisotopic (exact) mass is 670 g/mol. The van der Waals surface area contributed by atoms with Crippen molar-refractivity contribution >= 4 is 40.9 Å². The van der Waals surface area contributed by atoms with Crippen LogP contribution in [0.2, 0.25) is 0 Å². The fourth-order valence-corrected chi connectivity index (χ4v) is 5.58. The lowest BCUT2D eigenvalue weighted by Crippen LogP contribution is -2.68. The first kappa shape index (κ1) is 35.7. The average molecular weight is 671 g/mol. The van der Waals surface area contributed by atoms with Crippen molar-refractivity contribution in [2.24, 2.45) is 0 Å². The molecule has 0 bridgehead atoms. The van der Waals surface area contributed by atoms with Crippen molar-refractivity contribution in [1.29, 1.82) is 0 Å². The summed E-state index contributed by atoms with van der Waals surface area (Å²) in [5.41, 5.74) is 0.709. The molecule has 3 aliphatic rings. The largest absolute Gasteiger partial charge is 0.462 e. The van der Waals surface area contributed by atoms with E-state index in [1.807, 2.05) is 0 Å². The van der Waals surface area contributed by atoms with Crippen LogP contribution in [-0.4, -0.2) is 109 Å². The van der Waals surface area contributed by atoms with E-state index in [9.17, 15) is 19.5 Å². The van der Waals surface area contributed by atoms with Crippen molar-refractivity contribution in [2.45, 2.75) is 115 Å². The zero-order valence-corrected chi connectivity index (χ0v) is 27.6. The zero-order chi connectivity index (χ0) is 33.8. The summed E-state index contributed by atoms with van der Waals surface area (Å²) in [6.07, 6.45) is -11.3. The van der Waals surface area contributed by atoms with Gasteiger partial charge < -0.3 is 58.4 Å². The molecular weight excluding hydrogens is 628 g/mol. The molecule has 0 saturated carbocycles. The van der Waals surface area contributed by atoms with Gasteiger partial charge >= 0.3 is 17.9 Å². The van der Waals surface area contributed by atoms with Gasteiger partial charge in [0.1, 0.15) is 36.3 Å². The molecule has 3 saturated heterocycles. The van der Waals surface area contributed by atoms with Gasteiger partial charge in [0.15, 0.2) is 35.5 Å². The van der Waals surface area contributed by atoms with Crippen LogP contribution >= 0.6 is 12.2 Å². The Morgan fingerprint density at radius 1 is 0.935 bits per heavy atom. The minimum atomic E-state index is -1.47. The van der Waals surface area contributed by atoms with E-state index < -0.39 is 85.1 Å². The van der Waals surface area contributed by atoms with Crippen LogP contribution in [0.3, 0.4) is 0 Å². The molecule has 1 aromatic rings. The van der Waals surface area contributed by atoms with Crippen LogP contribution in [0, 0.1) is 0 Å². The van der Waals surface area contributed by atoms with Crippen LogP contribution in [0.25, 0.3) is 0 Å². The third-order valence-corrected chi connectivity index (χ3v) is 7.72. The standard InChI is InChI=1S/C30H42N2O13S/c1-8-19-22(38-14(2)33)25(39-15(3)34)26(40-16(4)35)28(42-19)44-24-21(36)27(43-20-13-37-30(5,6)45-23(20)24)41-18-11-9-17(10-12-18)32-29(46)31-7/h9-12,19-28,36H,8,13H2,1-7H3,(H2,31,32,46). The molecule has 0 aromatic heterocycles. The smallest absolute Gasteiger partial charge is 0.303 e. The summed E-state index contributed by atoms with van der Waals surface area (Å²) in [7, 11) is 1.70. The summed E-state index contributed by atoms with van der Waals surface area (Å²) in [6.45, 7) is 8.80. The number of carbonyl (C=O) groups excluding carboxylic acids is 3. The lowest BCUT2D eigenvalue weighted by molar-refractivity contribution is -0.399. The lowest BCUT2D eigenvalue weighted by atomic mass is 9.94. The van der Waals surface area contributed by atoms with E-state index >= 15 is 0 Å². The van der Waals surface area contributed by atoms with E-state index in [-0.39, 0.29) is 6.61 Å². The molecule has 10 unspecified atom stereocenters. The quantitative estimate of drug-likeness (QED) is 0.196. The molecule has 3 N–H and O–H groups in total. The highest BCUT2D eigenvalue weighted by molar-refractivity contribution is 7.80. The molecule has 1 aromatic carbocycles. The number of fused-ring (bicyclic) bond motifs is 1. The maximum Gasteiger partial charge on any atom is 0.303 e. The molecular formula is C30H42N2O13S. The average Bonchev–Trinajstić information content (AvgIpc) is 2.98. The van der Waals surface area contributed by atoms with Gasteiger partial charge in [0.2, 0.25) is 6.29 Å². The summed E-state index contributed by atoms with van der Waals surface area (Å²) < 4.78 is 53.3. The molecule has 0 aliphatic carbocycles. The number of rotatable bonds is 9. The number of esters is 3. The van der Waals surface area contributed by atoms with E-state index in [2.05, 4.69) is 10.6 Å². The number of hydrogen-bond donors (Lipinski definition) is 3. The lowest BCUT2D eigenvalue weighted by Gasteiger charge is -2.51. The van der Waals surface area contributed by atoms with Gasteiger partial charge in [-0.15, -0.1) is 0 Å². The third kappa shape index (κ3) is 8.82. The minimum Gasteiger partial charge on any atom is -0.462 e. The summed E-state index contributed by atoms with van der Waals surface area (Å²) in [4.78, 5) is 36.4. The molecule has 15 nitrogen and oxygen atoms in total. The van der Waals surface area contributed by atoms with Gasteiger partial charge in [-0.3, -0.25) is 14.4 Å². The van der Waals surface area contributed by atoms with Crippen LogP contribution in [0.4, 0.5) is 5.69 Å². The highest BCUT2D eigenvalue weighted by Gasteiger charge is 2.57. The molecule has 0 radical (unpaired) electrons. The van der Waals surface area contributed by atoms with E-state index in [1.165, 1.54) is 13.8 Å². The summed E-state index contributed by atoms with van der Waals surface area (Å²) in [5.74, 6) is -2.79. The van der Waals surface area contributed by atoms with Gasteiger partial charge in [-0.25, -0.2) is 0 Å². The second kappa shape index (κ2) is 15.2. The molecule has 3 heterocycles. The topological polar surface area (TPSA) is 179 Å². The molecule has 0 spiro atoms. The van der Waals surface area contributed by atoms with Gasteiger partial charge in [-0.2, -0.15) is 0 Å². The van der Waals surface area contributed by atoms with E-state index in [4.69, 9.17) is 54.8 Å². The summed E-state index contributed by atoms with van der Waals surface area (Å²) >= 11 is 5.14. The van der Waals surface area contributed by atoms with Crippen molar-refractivity contribution in [3.63, 3.8) is 0 Å². The second-order valence-corrected chi connectivity index (χ2v) is 11.9. The van der Waals surface area contributed by atoms with Crippen molar-refractivity contribution in [1.82, 2.24) is 5.32 Å². The SMILES string of the molecule is CCC1OC(OC2C(O)C(Oc3ccc(NC(=S)NC)cc3)OC3COC(C)(C)OC32)C(OC(C)=O)C(OC(C)=O)C1OC(C)=O. The number of ether oxygens (including phenoxy) is 9. The summed E-state index contributed by atoms with van der Waals surface area (Å²) in [5, 5.41) is 17.9. The van der Waals surface area contributed by atoms with Gasteiger partial charge in [-0.05, 0) is 56.8 Å². The van der Waals surface area contributed by atoms with Crippen molar-refractivity contribution in [3.8, 4) is 5.75 Å². The Hall–Kier alpha value is -3.12. The normalized spacial score (nSPS) is 33.5. The Bertz CT molecular complexity index is 1250. The Balaban J connectivity index is 1.64. The molecule has 0 amide bonds. The van der Waals surface area contributed by atoms with Gasteiger partial charge in [-0.1, -0.05) is 6.92 Å². The number of anilines is 1. The van der Waals surface area contributed by atoms with Crippen molar-refractivity contribution in [2.75, 3.05) is 19.0 Å². The number of hydrogen-bond acceptors (Lipinski definition) is 14. The molecule has 16 heteroatoms. The maximum atomic E-state index is 12.3. The first-order valence-corrected chi connectivity index (χ1v) is 15.4. The van der Waals surface area contributed by atoms with Crippen LogP contribution < -0.4 is 15.4 Å². The van der Waals surface area contributed by atoms with Gasteiger partial charge in [0, 0.05) is 33.5 Å². The molecule has 46 heavy (non-hydrogen) atoms. The number of thiocarbonyl (C=S) groups is 1. The molecule has 3 aliphatic heterocycles. The van der Waals surface area contributed by atoms with Gasteiger partial charge in [0.25, 0.3) is 0 Å². The first-order valence-electron chi connectivity index (χ1n) is 14.9. The second-order valence-electron chi connectivity index (χ2n) is 11.4. The minimum absolute atomic E-state index is 0.0789. The maximum absolute atomic E-state index is 12.3. The number of benzene rings is 1. The Labute approximate surface area is 272 Å². The number of nitrogens with one attached hydrogen (secondary N) is 2. The Morgan fingerprint density at radius 2 is 1.54 bits per heavy atom. The fourth-order valence-electron chi connectivity index (χ4n) is 5.46. The Morgan fingerprint density at radius 3 is 2.13 bits per heavy atom. The van der Waals surface area contributed by atoms with Crippen LogP contribution in [-0.2, 0) is 52.3 Å². The van der Waals surface area contributed by atoms with Crippen molar-refractivity contribution < 1.29 is 62.1 Å². The predicted octanol–water partition coefficient (Wildman–Crippen LogP) is 1.53. The van der Waals surface area contributed by atoms with E-state index in [0.29, 0.717) is 23.0 Å². The predicted molar refractivity (Wildman–Crippen MR) is 162 cm³/mol.